The highest BCUT2D eigenvalue weighted by Crippen LogP contribution is 2.31. The predicted octanol–water partition coefficient (Wildman–Crippen LogP) is 3.88. The van der Waals surface area contributed by atoms with Crippen LogP contribution in [0.5, 0.6) is 5.75 Å². The molecule has 1 aromatic heterocycles. The Morgan fingerprint density at radius 1 is 1.16 bits per heavy atom. The summed E-state index contributed by atoms with van der Waals surface area (Å²) < 4.78 is 42.6. The maximum atomic E-state index is 12.6. The van der Waals surface area contributed by atoms with E-state index in [2.05, 4.69) is 15.2 Å². The molecule has 4 rings (SSSR count). The van der Waals surface area contributed by atoms with Gasteiger partial charge in [0.2, 0.25) is 5.91 Å². The van der Waals surface area contributed by atoms with Crippen LogP contribution in [0.3, 0.4) is 0 Å². The summed E-state index contributed by atoms with van der Waals surface area (Å²) in [5.41, 5.74) is 2.99. The van der Waals surface area contributed by atoms with Crippen LogP contribution in [-0.2, 0) is 20.8 Å². The SMILES string of the molecule is Cc1ccccc1NC(=O)Cn1ccc(-c2ccccc2O[C@@H]2COCC2OC(F)F)n1. The lowest BCUT2D eigenvalue weighted by atomic mass is 10.1. The molecule has 0 saturated carbocycles. The van der Waals surface area contributed by atoms with Crippen molar-refractivity contribution in [2.24, 2.45) is 0 Å². The number of halogens is 2. The first-order valence-electron chi connectivity index (χ1n) is 10.2. The summed E-state index contributed by atoms with van der Waals surface area (Å²) >= 11 is 0. The zero-order valence-electron chi connectivity index (χ0n) is 17.4. The van der Waals surface area contributed by atoms with Gasteiger partial charge in [-0.3, -0.25) is 9.48 Å². The van der Waals surface area contributed by atoms with Crippen LogP contribution < -0.4 is 10.1 Å². The summed E-state index contributed by atoms with van der Waals surface area (Å²) in [6, 6.07) is 16.4. The fraction of sp³-hybridized carbons (Fsp3) is 0.304. The second-order valence-electron chi connectivity index (χ2n) is 7.39. The fourth-order valence-electron chi connectivity index (χ4n) is 3.47. The van der Waals surface area contributed by atoms with Gasteiger partial charge < -0.3 is 19.5 Å². The molecule has 1 fully saturated rings. The number of carbonyl (C=O) groups excluding carboxylic acids is 1. The van der Waals surface area contributed by atoms with Gasteiger partial charge in [0.25, 0.3) is 0 Å². The highest BCUT2D eigenvalue weighted by molar-refractivity contribution is 5.91. The van der Waals surface area contributed by atoms with Crippen molar-refractivity contribution in [1.82, 2.24) is 9.78 Å². The first kappa shape index (κ1) is 21.9. The number of nitrogens with zero attached hydrogens (tertiary/aromatic N) is 2. The minimum Gasteiger partial charge on any atom is -0.484 e. The lowest BCUT2D eigenvalue weighted by molar-refractivity contribution is -0.175. The molecule has 0 bridgehead atoms. The third-order valence-corrected chi connectivity index (χ3v) is 5.06. The number of hydrogen-bond donors (Lipinski definition) is 1. The van der Waals surface area contributed by atoms with Gasteiger partial charge >= 0.3 is 6.61 Å². The number of ether oxygens (including phenoxy) is 3. The van der Waals surface area contributed by atoms with Gasteiger partial charge in [0.15, 0.2) is 6.10 Å². The average molecular weight is 443 g/mol. The summed E-state index contributed by atoms with van der Waals surface area (Å²) in [6.07, 6.45) is 0.183. The highest BCUT2D eigenvalue weighted by Gasteiger charge is 2.33. The first-order chi connectivity index (χ1) is 15.5. The molecular weight excluding hydrogens is 420 g/mol. The number of para-hydroxylation sites is 2. The molecule has 1 saturated heterocycles. The van der Waals surface area contributed by atoms with Gasteiger partial charge in [0, 0.05) is 17.4 Å². The smallest absolute Gasteiger partial charge is 0.345 e. The van der Waals surface area contributed by atoms with Crippen LogP contribution in [0.1, 0.15) is 5.56 Å². The Bertz CT molecular complexity index is 1070. The van der Waals surface area contributed by atoms with E-state index < -0.39 is 18.8 Å². The van der Waals surface area contributed by atoms with E-state index >= 15 is 0 Å². The quantitative estimate of drug-likeness (QED) is 0.572. The predicted molar refractivity (Wildman–Crippen MR) is 114 cm³/mol. The number of benzene rings is 2. The van der Waals surface area contributed by atoms with Gasteiger partial charge in [0.05, 0.1) is 18.9 Å². The van der Waals surface area contributed by atoms with Gasteiger partial charge in [0.1, 0.15) is 18.4 Å². The lowest BCUT2D eigenvalue weighted by Gasteiger charge is -2.20. The molecule has 168 valence electrons. The molecule has 3 aromatic rings. The van der Waals surface area contributed by atoms with Crippen LogP contribution in [0.4, 0.5) is 14.5 Å². The molecule has 9 heteroatoms. The molecule has 0 aliphatic carbocycles. The van der Waals surface area contributed by atoms with E-state index in [0.717, 1.165) is 11.3 Å². The van der Waals surface area contributed by atoms with Gasteiger partial charge in [-0.2, -0.15) is 13.9 Å². The number of carbonyl (C=O) groups is 1. The maximum absolute atomic E-state index is 12.6. The maximum Gasteiger partial charge on any atom is 0.345 e. The van der Waals surface area contributed by atoms with Crippen LogP contribution in [0, 0.1) is 6.92 Å². The minimum absolute atomic E-state index is 0.0398. The molecular formula is C23H23F2N3O4. The van der Waals surface area contributed by atoms with Crippen molar-refractivity contribution in [1.29, 1.82) is 0 Å². The first-order valence-corrected chi connectivity index (χ1v) is 10.2. The summed E-state index contributed by atoms with van der Waals surface area (Å²) in [4.78, 5) is 12.4. The summed E-state index contributed by atoms with van der Waals surface area (Å²) in [7, 11) is 0. The average Bonchev–Trinajstić information content (AvgIpc) is 3.39. The Balaban J connectivity index is 1.45. The molecule has 1 N–H and O–H groups in total. The van der Waals surface area contributed by atoms with Crippen LogP contribution in [0.25, 0.3) is 11.3 Å². The summed E-state index contributed by atoms with van der Waals surface area (Å²) in [5, 5.41) is 7.35. The van der Waals surface area contributed by atoms with Crippen molar-refractivity contribution >= 4 is 11.6 Å². The van der Waals surface area contributed by atoms with Crippen molar-refractivity contribution in [3.63, 3.8) is 0 Å². The standard InChI is InChI=1S/C23H23F2N3O4/c1-15-6-2-4-8-17(15)26-22(29)12-28-11-10-18(27-28)16-7-3-5-9-19(16)31-20-13-30-14-21(20)32-23(24)25/h2-11,20-21,23H,12-14H2,1H3,(H,26,29)/t20-,21?/m1/s1. The van der Waals surface area contributed by atoms with E-state index in [9.17, 15) is 13.6 Å². The number of amides is 1. The van der Waals surface area contributed by atoms with Gasteiger partial charge in [-0.15, -0.1) is 0 Å². The van der Waals surface area contributed by atoms with E-state index in [0.29, 0.717) is 17.0 Å². The van der Waals surface area contributed by atoms with Crippen molar-refractivity contribution in [2.75, 3.05) is 18.5 Å². The van der Waals surface area contributed by atoms with Crippen LogP contribution in [0.2, 0.25) is 0 Å². The Hall–Kier alpha value is -3.30. The highest BCUT2D eigenvalue weighted by atomic mass is 19.3. The van der Waals surface area contributed by atoms with Crippen LogP contribution in [-0.4, -0.2) is 47.7 Å². The molecule has 2 heterocycles. The fourth-order valence-corrected chi connectivity index (χ4v) is 3.47. The Kier molecular flexibility index (Phi) is 6.77. The van der Waals surface area contributed by atoms with E-state index in [-0.39, 0.29) is 25.7 Å². The second-order valence-corrected chi connectivity index (χ2v) is 7.39. The van der Waals surface area contributed by atoms with Crippen molar-refractivity contribution < 1.29 is 27.8 Å². The lowest BCUT2D eigenvalue weighted by Crippen LogP contribution is -2.34. The molecule has 2 aromatic carbocycles. The molecule has 0 radical (unpaired) electrons. The number of nitrogens with one attached hydrogen (secondary N) is 1. The Labute approximate surface area is 183 Å². The molecule has 1 aliphatic rings. The van der Waals surface area contributed by atoms with Crippen molar-refractivity contribution in [2.45, 2.75) is 32.3 Å². The third kappa shape index (κ3) is 5.30. The zero-order chi connectivity index (χ0) is 22.5. The molecule has 1 unspecified atom stereocenters. The summed E-state index contributed by atoms with van der Waals surface area (Å²) in [5.74, 6) is 0.272. The van der Waals surface area contributed by atoms with Crippen LogP contribution >= 0.6 is 0 Å². The topological polar surface area (TPSA) is 74.6 Å². The molecule has 1 amide bonds. The molecule has 2 atom stereocenters. The molecule has 0 spiro atoms. The van der Waals surface area contributed by atoms with E-state index in [4.69, 9.17) is 9.47 Å². The second kappa shape index (κ2) is 9.88. The van der Waals surface area contributed by atoms with E-state index in [1.54, 1.807) is 24.4 Å². The van der Waals surface area contributed by atoms with Crippen molar-refractivity contribution in [3.8, 4) is 17.0 Å². The monoisotopic (exact) mass is 443 g/mol. The molecule has 1 aliphatic heterocycles. The summed E-state index contributed by atoms with van der Waals surface area (Å²) in [6.45, 7) is -0.742. The van der Waals surface area contributed by atoms with Crippen molar-refractivity contribution in [3.05, 3.63) is 66.4 Å². The normalized spacial score (nSPS) is 18.1. The number of aryl methyl sites for hydroxylation is 1. The zero-order valence-corrected chi connectivity index (χ0v) is 17.4. The minimum atomic E-state index is -2.90. The van der Waals surface area contributed by atoms with Gasteiger partial charge in [-0.05, 0) is 36.8 Å². The van der Waals surface area contributed by atoms with Gasteiger partial charge in [-0.25, -0.2) is 0 Å². The number of aromatic nitrogens is 2. The van der Waals surface area contributed by atoms with Gasteiger partial charge in [-0.1, -0.05) is 30.3 Å². The molecule has 7 nitrogen and oxygen atoms in total. The number of hydrogen-bond acceptors (Lipinski definition) is 5. The van der Waals surface area contributed by atoms with Crippen LogP contribution in [0.15, 0.2) is 60.8 Å². The number of rotatable bonds is 8. The number of anilines is 1. The Morgan fingerprint density at radius 3 is 2.72 bits per heavy atom. The number of alkyl halides is 2. The van der Waals surface area contributed by atoms with E-state index in [1.807, 2.05) is 43.3 Å². The molecule has 32 heavy (non-hydrogen) atoms. The largest absolute Gasteiger partial charge is 0.484 e. The Morgan fingerprint density at radius 2 is 1.91 bits per heavy atom. The third-order valence-electron chi connectivity index (χ3n) is 5.06. The van der Waals surface area contributed by atoms with E-state index in [1.165, 1.54) is 4.68 Å².